The van der Waals surface area contributed by atoms with E-state index in [1.54, 1.807) is 0 Å². The van der Waals surface area contributed by atoms with Crippen molar-refractivity contribution in [2.24, 2.45) is 12.0 Å². The third-order valence-electron chi connectivity index (χ3n) is 6.13. The highest BCUT2D eigenvalue weighted by Crippen LogP contribution is 2.18. The van der Waals surface area contributed by atoms with Crippen LogP contribution >= 0.6 is 0 Å². The van der Waals surface area contributed by atoms with E-state index in [-0.39, 0.29) is 6.04 Å². The first-order valence-corrected chi connectivity index (χ1v) is 11.3. The lowest BCUT2D eigenvalue weighted by atomic mass is 10.0. The van der Waals surface area contributed by atoms with Gasteiger partial charge < -0.3 is 15.2 Å². The number of piperidine rings is 1. The van der Waals surface area contributed by atoms with Crippen molar-refractivity contribution in [3.63, 3.8) is 0 Å². The summed E-state index contributed by atoms with van der Waals surface area (Å²) in [7, 11) is 1.98. The normalized spacial score (nSPS) is 18.9. The van der Waals surface area contributed by atoms with Crippen LogP contribution in [0.1, 0.15) is 62.8 Å². The Morgan fingerprint density at radius 2 is 2.03 bits per heavy atom. The molecule has 30 heavy (non-hydrogen) atoms. The highest BCUT2D eigenvalue weighted by Gasteiger charge is 2.20. The summed E-state index contributed by atoms with van der Waals surface area (Å²) in [4.78, 5) is 7.43. The van der Waals surface area contributed by atoms with Gasteiger partial charge in [0.05, 0.1) is 6.04 Å². The second-order valence-electron chi connectivity index (χ2n) is 8.18. The van der Waals surface area contributed by atoms with E-state index in [1.165, 1.54) is 37.8 Å². The van der Waals surface area contributed by atoms with E-state index in [4.69, 9.17) is 4.99 Å². The molecule has 3 rings (SSSR count). The summed E-state index contributed by atoms with van der Waals surface area (Å²) < 4.78 is 1.99. The van der Waals surface area contributed by atoms with Gasteiger partial charge in [0.2, 0.25) is 0 Å². The topological polar surface area (TPSA) is 70.4 Å². The van der Waals surface area contributed by atoms with Gasteiger partial charge >= 0.3 is 0 Å². The Balaban J connectivity index is 1.63. The molecular formula is C23H37N7. The molecule has 1 aromatic carbocycles. The molecule has 2 heterocycles. The predicted octanol–water partition coefficient (Wildman–Crippen LogP) is 3.18. The average molecular weight is 412 g/mol. The molecule has 0 radical (unpaired) electrons. The molecule has 164 valence electrons. The highest BCUT2D eigenvalue weighted by molar-refractivity contribution is 5.80. The second-order valence-corrected chi connectivity index (χ2v) is 8.18. The Morgan fingerprint density at radius 3 is 2.73 bits per heavy atom. The summed E-state index contributed by atoms with van der Waals surface area (Å²) in [6.45, 7) is 10.0. The van der Waals surface area contributed by atoms with Crippen molar-refractivity contribution in [3.05, 3.63) is 47.5 Å². The number of benzene rings is 1. The summed E-state index contributed by atoms with van der Waals surface area (Å²) in [5.74, 6) is 2.58. The number of hydrogen-bond acceptors (Lipinski definition) is 4. The minimum atomic E-state index is 0.164. The number of hydrogen-bond donors (Lipinski definition) is 2. The molecule has 2 unspecified atom stereocenters. The molecular weight excluding hydrogens is 374 g/mol. The molecule has 1 fully saturated rings. The minimum Gasteiger partial charge on any atom is -0.355 e. The van der Waals surface area contributed by atoms with Gasteiger partial charge in [-0.05, 0) is 45.2 Å². The zero-order valence-electron chi connectivity index (χ0n) is 18.9. The minimum absolute atomic E-state index is 0.164. The van der Waals surface area contributed by atoms with Crippen LogP contribution in [-0.4, -0.2) is 51.3 Å². The Kier molecular flexibility index (Phi) is 8.25. The smallest absolute Gasteiger partial charge is 0.192 e. The monoisotopic (exact) mass is 411 g/mol. The number of rotatable bonds is 8. The van der Waals surface area contributed by atoms with Crippen molar-refractivity contribution >= 4 is 5.96 Å². The summed E-state index contributed by atoms with van der Waals surface area (Å²) in [5, 5.41) is 15.5. The summed E-state index contributed by atoms with van der Waals surface area (Å²) in [5.41, 5.74) is 1.24. The Labute approximate surface area is 181 Å². The van der Waals surface area contributed by atoms with E-state index in [0.29, 0.717) is 6.54 Å². The lowest BCUT2D eigenvalue weighted by molar-refractivity contribution is 0.147. The quantitative estimate of drug-likeness (QED) is 0.516. The van der Waals surface area contributed by atoms with Crippen molar-refractivity contribution in [1.82, 2.24) is 30.3 Å². The fraction of sp³-hybridized carbons (Fsp3) is 0.609. The van der Waals surface area contributed by atoms with Crippen LogP contribution < -0.4 is 10.6 Å². The molecule has 1 aliphatic heterocycles. The number of nitrogens with zero attached hydrogens (tertiary/aromatic N) is 5. The molecule has 0 saturated carbocycles. The maximum Gasteiger partial charge on any atom is 0.192 e. The van der Waals surface area contributed by atoms with Crippen LogP contribution in [0.25, 0.3) is 0 Å². The predicted molar refractivity (Wildman–Crippen MR) is 122 cm³/mol. The van der Waals surface area contributed by atoms with Crippen LogP contribution in [0.2, 0.25) is 0 Å². The largest absolute Gasteiger partial charge is 0.355 e. The number of aryl methyl sites for hydroxylation is 1. The number of likely N-dealkylation sites (tertiary alicyclic amines) is 1. The fourth-order valence-corrected chi connectivity index (χ4v) is 4.06. The second kappa shape index (κ2) is 11.1. The van der Waals surface area contributed by atoms with Crippen LogP contribution in [0.3, 0.4) is 0 Å². The van der Waals surface area contributed by atoms with E-state index < -0.39 is 0 Å². The van der Waals surface area contributed by atoms with Gasteiger partial charge in [-0.15, -0.1) is 10.2 Å². The molecule has 0 bridgehead atoms. The fourth-order valence-electron chi connectivity index (χ4n) is 4.06. The van der Waals surface area contributed by atoms with E-state index >= 15 is 0 Å². The standard InChI is InChI=1S/C23H37N7/c1-5-21-13-9-10-15-30(21)16-14-24-23(25-17-22-28-27-19(3)29(22)4)26-18(2)20-11-7-6-8-12-20/h6-8,11-12,18,21H,5,9-10,13-17H2,1-4H3,(H2,24,25,26). The van der Waals surface area contributed by atoms with Crippen LogP contribution in [0.4, 0.5) is 0 Å². The van der Waals surface area contributed by atoms with Crippen molar-refractivity contribution in [2.75, 3.05) is 19.6 Å². The number of aliphatic imine (C=N–C) groups is 1. The average Bonchev–Trinajstić information content (AvgIpc) is 3.10. The van der Waals surface area contributed by atoms with E-state index in [2.05, 4.69) is 63.8 Å². The van der Waals surface area contributed by atoms with Crippen LogP contribution in [-0.2, 0) is 13.6 Å². The van der Waals surface area contributed by atoms with Crippen molar-refractivity contribution in [2.45, 2.75) is 65.1 Å². The van der Waals surface area contributed by atoms with Gasteiger partial charge in [0, 0.05) is 26.2 Å². The van der Waals surface area contributed by atoms with E-state index in [1.807, 2.05) is 24.6 Å². The molecule has 1 aromatic heterocycles. The van der Waals surface area contributed by atoms with E-state index in [0.717, 1.165) is 36.7 Å². The zero-order valence-corrected chi connectivity index (χ0v) is 18.9. The molecule has 2 aromatic rings. The molecule has 7 nitrogen and oxygen atoms in total. The summed E-state index contributed by atoms with van der Waals surface area (Å²) in [6.07, 6.45) is 5.23. The van der Waals surface area contributed by atoms with Gasteiger partial charge in [-0.1, -0.05) is 43.7 Å². The van der Waals surface area contributed by atoms with Gasteiger partial charge in [-0.25, -0.2) is 4.99 Å². The number of nitrogens with one attached hydrogen (secondary N) is 2. The van der Waals surface area contributed by atoms with Crippen molar-refractivity contribution < 1.29 is 0 Å². The number of aromatic nitrogens is 3. The van der Waals surface area contributed by atoms with Crippen molar-refractivity contribution in [3.8, 4) is 0 Å². The third kappa shape index (κ3) is 6.05. The zero-order chi connectivity index (χ0) is 21.3. The van der Waals surface area contributed by atoms with Gasteiger partial charge in [0.15, 0.2) is 11.8 Å². The maximum atomic E-state index is 4.81. The molecule has 2 N–H and O–H groups in total. The van der Waals surface area contributed by atoms with Crippen molar-refractivity contribution in [1.29, 1.82) is 0 Å². The lowest BCUT2D eigenvalue weighted by Gasteiger charge is -2.35. The highest BCUT2D eigenvalue weighted by atomic mass is 15.3. The van der Waals surface area contributed by atoms with Crippen LogP contribution in [0, 0.1) is 6.92 Å². The first-order valence-electron chi connectivity index (χ1n) is 11.3. The first-order chi connectivity index (χ1) is 14.6. The third-order valence-corrected chi connectivity index (χ3v) is 6.13. The Hall–Kier alpha value is -2.41. The Bertz CT molecular complexity index is 799. The van der Waals surface area contributed by atoms with Gasteiger partial charge in [-0.3, -0.25) is 4.90 Å². The molecule has 0 amide bonds. The summed E-state index contributed by atoms with van der Waals surface area (Å²) >= 11 is 0. The molecule has 0 spiro atoms. The van der Waals surface area contributed by atoms with Gasteiger partial charge in [0.1, 0.15) is 12.4 Å². The van der Waals surface area contributed by atoms with Crippen LogP contribution in [0.15, 0.2) is 35.3 Å². The van der Waals surface area contributed by atoms with Crippen LogP contribution in [0.5, 0.6) is 0 Å². The van der Waals surface area contributed by atoms with Gasteiger partial charge in [-0.2, -0.15) is 0 Å². The number of guanidine groups is 1. The maximum absolute atomic E-state index is 4.81. The first kappa shape index (κ1) is 22.3. The SMILES string of the molecule is CCC1CCCCN1CCNC(=NCc1nnc(C)n1C)NC(C)c1ccccc1. The molecule has 1 aliphatic rings. The van der Waals surface area contributed by atoms with Gasteiger partial charge in [0.25, 0.3) is 0 Å². The molecule has 1 saturated heterocycles. The summed E-state index contributed by atoms with van der Waals surface area (Å²) in [6, 6.07) is 11.4. The lowest BCUT2D eigenvalue weighted by Crippen LogP contribution is -2.46. The molecule has 2 atom stereocenters. The molecule has 0 aliphatic carbocycles. The molecule has 7 heteroatoms. The Morgan fingerprint density at radius 1 is 1.23 bits per heavy atom. The van der Waals surface area contributed by atoms with E-state index in [9.17, 15) is 0 Å².